The van der Waals surface area contributed by atoms with Gasteiger partial charge in [-0.15, -0.1) is 0 Å². The molecule has 0 unspecified atom stereocenters. The fraction of sp³-hybridized carbons (Fsp3) is 0.308. The molecule has 0 spiro atoms. The molecular weight excluding hydrogens is 198 g/mol. The van der Waals surface area contributed by atoms with Crippen LogP contribution in [-0.2, 0) is 6.42 Å². The van der Waals surface area contributed by atoms with Crippen LogP contribution in [-0.4, -0.2) is 15.0 Å². The summed E-state index contributed by atoms with van der Waals surface area (Å²) in [6, 6.07) is 3.97. The van der Waals surface area contributed by atoms with Crippen molar-refractivity contribution in [2.75, 3.05) is 0 Å². The molecule has 3 nitrogen and oxygen atoms in total. The highest BCUT2D eigenvalue weighted by molar-refractivity contribution is 5.52. The van der Waals surface area contributed by atoms with Crippen LogP contribution in [0.2, 0.25) is 0 Å². The summed E-state index contributed by atoms with van der Waals surface area (Å²) in [6.45, 7) is 4.12. The van der Waals surface area contributed by atoms with E-state index < -0.39 is 0 Å². The number of rotatable bonds is 3. The Kier molecular flexibility index (Phi) is 3.25. The molecular formula is C13H15N3. The number of aromatic nitrogens is 3. The molecule has 16 heavy (non-hydrogen) atoms. The van der Waals surface area contributed by atoms with E-state index in [1.165, 1.54) is 5.56 Å². The van der Waals surface area contributed by atoms with E-state index in [1.807, 2.05) is 37.6 Å². The van der Waals surface area contributed by atoms with E-state index >= 15 is 0 Å². The molecule has 0 N–H and O–H groups in total. The van der Waals surface area contributed by atoms with Crippen LogP contribution in [0.15, 0.2) is 30.7 Å². The highest BCUT2D eigenvalue weighted by Gasteiger charge is 2.01. The van der Waals surface area contributed by atoms with E-state index in [-0.39, 0.29) is 0 Å². The average Bonchev–Trinajstić information content (AvgIpc) is 2.32. The number of aryl methyl sites for hydroxylation is 2. The van der Waals surface area contributed by atoms with Crippen molar-refractivity contribution >= 4 is 0 Å². The van der Waals surface area contributed by atoms with Gasteiger partial charge in [0.05, 0.1) is 0 Å². The van der Waals surface area contributed by atoms with Crippen molar-refractivity contribution < 1.29 is 0 Å². The van der Waals surface area contributed by atoms with Crippen molar-refractivity contribution in [3.05, 3.63) is 42.0 Å². The number of hydrogen-bond acceptors (Lipinski definition) is 3. The van der Waals surface area contributed by atoms with Gasteiger partial charge < -0.3 is 0 Å². The normalized spacial score (nSPS) is 10.4. The van der Waals surface area contributed by atoms with Crippen molar-refractivity contribution in [2.45, 2.75) is 26.7 Å². The Morgan fingerprint density at radius 2 is 1.75 bits per heavy atom. The third-order valence-corrected chi connectivity index (χ3v) is 2.41. The predicted octanol–water partition coefficient (Wildman–Crippen LogP) is 2.80. The highest BCUT2D eigenvalue weighted by atomic mass is 14.9. The highest BCUT2D eigenvalue weighted by Crippen LogP contribution is 2.13. The number of nitrogens with zero attached hydrogens (tertiary/aromatic N) is 3. The second-order valence-corrected chi connectivity index (χ2v) is 3.85. The second-order valence-electron chi connectivity index (χ2n) is 3.85. The van der Waals surface area contributed by atoms with E-state index in [2.05, 4.69) is 21.9 Å². The van der Waals surface area contributed by atoms with Gasteiger partial charge in [-0.3, -0.25) is 4.98 Å². The molecule has 0 aliphatic heterocycles. The zero-order chi connectivity index (χ0) is 11.4. The quantitative estimate of drug-likeness (QED) is 0.787. The lowest BCUT2D eigenvalue weighted by atomic mass is 10.2. The average molecular weight is 213 g/mol. The Bertz CT molecular complexity index is 446. The maximum absolute atomic E-state index is 4.35. The van der Waals surface area contributed by atoms with Crippen LogP contribution in [0.25, 0.3) is 11.4 Å². The van der Waals surface area contributed by atoms with Crippen LogP contribution in [0, 0.1) is 6.92 Å². The van der Waals surface area contributed by atoms with E-state index in [9.17, 15) is 0 Å². The smallest absolute Gasteiger partial charge is 0.160 e. The van der Waals surface area contributed by atoms with Crippen molar-refractivity contribution in [1.82, 2.24) is 15.0 Å². The van der Waals surface area contributed by atoms with Crippen LogP contribution in [0.1, 0.15) is 24.6 Å². The number of hydrogen-bond donors (Lipinski definition) is 0. The van der Waals surface area contributed by atoms with Gasteiger partial charge >= 0.3 is 0 Å². The first kappa shape index (κ1) is 10.7. The van der Waals surface area contributed by atoms with E-state index in [1.54, 1.807) is 0 Å². The van der Waals surface area contributed by atoms with Crippen molar-refractivity contribution in [1.29, 1.82) is 0 Å². The fourth-order valence-corrected chi connectivity index (χ4v) is 1.52. The summed E-state index contributed by atoms with van der Waals surface area (Å²) in [5.74, 6) is 0.743. The third kappa shape index (κ3) is 2.42. The minimum absolute atomic E-state index is 0.743. The van der Waals surface area contributed by atoms with Crippen molar-refractivity contribution in [3.63, 3.8) is 0 Å². The largest absolute Gasteiger partial charge is 0.261 e. The van der Waals surface area contributed by atoms with Gasteiger partial charge in [0.2, 0.25) is 0 Å². The monoisotopic (exact) mass is 213 g/mol. The fourth-order valence-electron chi connectivity index (χ4n) is 1.52. The lowest BCUT2D eigenvalue weighted by Crippen LogP contribution is -1.93. The molecule has 82 valence electrons. The van der Waals surface area contributed by atoms with E-state index in [0.717, 1.165) is 29.9 Å². The van der Waals surface area contributed by atoms with Gasteiger partial charge in [0, 0.05) is 29.8 Å². The Labute approximate surface area is 95.6 Å². The summed E-state index contributed by atoms with van der Waals surface area (Å²) in [4.78, 5) is 12.9. The van der Waals surface area contributed by atoms with Gasteiger partial charge in [-0.2, -0.15) is 0 Å². The first-order chi connectivity index (χ1) is 7.79. The Hall–Kier alpha value is -1.77. The molecule has 0 aliphatic carbocycles. The second kappa shape index (κ2) is 4.84. The summed E-state index contributed by atoms with van der Waals surface area (Å²) >= 11 is 0. The maximum atomic E-state index is 4.35. The topological polar surface area (TPSA) is 38.7 Å². The van der Waals surface area contributed by atoms with Gasteiger partial charge in [-0.05, 0) is 31.0 Å². The molecule has 0 amide bonds. The first-order valence-electron chi connectivity index (χ1n) is 5.53. The first-order valence-corrected chi connectivity index (χ1v) is 5.53. The van der Waals surface area contributed by atoms with Gasteiger partial charge in [-0.1, -0.05) is 13.3 Å². The van der Waals surface area contributed by atoms with Gasteiger partial charge in [0.1, 0.15) is 0 Å². The molecule has 0 saturated carbocycles. The lowest BCUT2D eigenvalue weighted by molar-refractivity contribution is 0.902. The molecule has 2 aromatic heterocycles. The summed E-state index contributed by atoms with van der Waals surface area (Å²) in [5.41, 5.74) is 3.16. The molecule has 0 radical (unpaired) electrons. The van der Waals surface area contributed by atoms with Crippen molar-refractivity contribution in [2.24, 2.45) is 0 Å². The third-order valence-electron chi connectivity index (χ3n) is 2.41. The van der Waals surface area contributed by atoms with Crippen molar-refractivity contribution in [3.8, 4) is 11.4 Å². The van der Waals surface area contributed by atoms with Crippen LogP contribution in [0.3, 0.4) is 0 Å². The van der Waals surface area contributed by atoms with Gasteiger partial charge in [0.25, 0.3) is 0 Å². The van der Waals surface area contributed by atoms with Crippen LogP contribution in [0.5, 0.6) is 0 Å². The van der Waals surface area contributed by atoms with Crippen LogP contribution >= 0.6 is 0 Å². The standard InChI is InChI=1S/C13H15N3/c1-3-4-11-7-15-13(16-8-11)12-6-5-10(2)14-9-12/h5-9H,3-4H2,1-2H3. The molecule has 3 heteroatoms. The zero-order valence-corrected chi connectivity index (χ0v) is 9.64. The molecule has 2 heterocycles. The Balaban J connectivity index is 2.24. The molecule has 0 aromatic carbocycles. The molecule has 0 fully saturated rings. The number of pyridine rings is 1. The van der Waals surface area contributed by atoms with Crippen LogP contribution in [0.4, 0.5) is 0 Å². The Morgan fingerprint density at radius 1 is 1.00 bits per heavy atom. The zero-order valence-electron chi connectivity index (χ0n) is 9.64. The minimum Gasteiger partial charge on any atom is -0.261 e. The summed E-state index contributed by atoms with van der Waals surface area (Å²) in [6.07, 6.45) is 7.75. The molecule has 0 atom stereocenters. The van der Waals surface area contributed by atoms with Crippen LogP contribution < -0.4 is 0 Å². The summed E-state index contributed by atoms with van der Waals surface area (Å²) in [7, 11) is 0. The summed E-state index contributed by atoms with van der Waals surface area (Å²) < 4.78 is 0. The molecule has 2 aromatic rings. The molecule has 2 rings (SSSR count). The summed E-state index contributed by atoms with van der Waals surface area (Å²) in [5, 5.41) is 0. The molecule has 0 aliphatic rings. The predicted molar refractivity (Wildman–Crippen MR) is 64.0 cm³/mol. The van der Waals surface area contributed by atoms with Gasteiger partial charge in [0.15, 0.2) is 5.82 Å². The SMILES string of the molecule is CCCc1cnc(-c2ccc(C)nc2)nc1. The minimum atomic E-state index is 0.743. The van der Waals surface area contributed by atoms with E-state index in [4.69, 9.17) is 0 Å². The maximum Gasteiger partial charge on any atom is 0.160 e. The molecule has 0 saturated heterocycles. The Morgan fingerprint density at radius 3 is 2.31 bits per heavy atom. The van der Waals surface area contributed by atoms with E-state index in [0.29, 0.717) is 0 Å². The lowest BCUT2D eigenvalue weighted by Gasteiger charge is -2.01. The van der Waals surface area contributed by atoms with Gasteiger partial charge in [-0.25, -0.2) is 9.97 Å². The molecule has 0 bridgehead atoms.